The first-order chi connectivity index (χ1) is 18.1. The van der Waals surface area contributed by atoms with E-state index in [1.165, 1.54) is 6.07 Å². The van der Waals surface area contributed by atoms with Crippen LogP contribution in [0.25, 0.3) is 31.3 Å². The molecule has 0 bridgehead atoms. The van der Waals surface area contributed by atoms with E-state index in [0.29, 0.717) is 18.4 Å². The topological polar surface area (TPSA) is 61.8 Å². The molecule has 4 aromatic rings. The second-order valence-electron chi connectivity index (χ2n) is 8.33. The van der Waals surface area contributed by atoms with Gasteiger partial charge in [-0.25, -0.2) is 9.59 Å². The molecule has 38 heavy (non-hydrogen) atoms. The molecule has 0 amide bonds. The number of hydrogen-bond acceptors (Lipinski definition) is 6. The third kappa shape index (κ3) is 5.89. The van der Waals surface area contributed by atoms with Crippen molar-refractivity contribution in [2.24, 2.45) is 0 Å². The molecule has 5 nitrogen and oxygen atoms in total. The van der Waals surface area contributed by atoms with Crippen LogP contribution in [-0.2, 0) is 20.7 Å². The lowest BCUT2D eigenvalue weighted by Crippen LogP contribution is -2.18. The van der Waals surface area contributed by atoms with E-state index < -0.39 is 24.1 Å². The molecule has 0 aliphatic rings. The maximum atomic E-state index is 13.3. The van der Waals surface area contributed by atoms with E-state index in [1.807, 2.05) is 43.3 Å². The SMILES string of the molecule is C=CC(=O)OCCCc1ccc(-c2ccc3c(sc4c(OC(F)(F)F)c(OC(=O)C=C)ccc43)c2C)cc1. The van der Waals surface area contributed by atoms with Gasteiger partial charge in [-0.3, -0.25) is 0 Å². The van der Waals surface area contributed by atoms with Crippen molar-refractivity contribution in [2.45, 2.75) is 26.1 Å². The number of hydrogen-bond donors (Lipinski definition) is 0. The van der Waals surface area contributed by atoms with Crippen LogP contribution in [0.3, 0.4) is 0 Å². The molecule has 3 aromatic carbocycles. The Morgan fingerprint density at radius 1 is 0.921 bits per heavy atom. The van der Waals surface area contributed by atoms with Crippen LogP contribution in [0, 0.1) is 6.92 Å². The van der Waals surface area contributed by atoms with Crippen LogP contribution in [0.5, 0.6) is 11.5 Å². The summed E-state index contributed by atoms with van der Waals surface area (Å²) in [5.41, 5.74) is 3.87. The van der Waals surface area contributed by atoms with Gasteiger partial charge in [-0.15, -0.1) is 24.5 Å². The summed E-state index contributed by atoms with van der Waals surface area (Å²) in [4.78, 5) is 22.8. The monoisotopic (exact) mass is 540 g/mol. The highest BCUT2D eigenvalue weighted by molar-refractivity contribution is 7.26. The fraction of sp³-hybridized carbons (Fsp3) is 0.172. The van der Waals surface area contributed by atoms with Gasteiger partial charge in [0.25, 0.3) is 0 Å². The first kappa shape index (κ1) is 26.9. The quantitative estimate of drug-likeness (QED) is 0.0943. The maximum Gasteiger partial charge on any atom is 0.573 e. The number of halogens is 3. The largest absolute Gasteiger partial charge is 0.573 e. The number of aryl methyl sites for hydroxylation is 2. The second-order valence-corrected chi connectivity index (χ2v) is 9.35. The fourth-order valence-corrected chi connectivity index (χ4v) is 5.39. The summed E-state index contributed by atoms with van der Waals surface area (Å²) >= 11 is 1.14. The molecule has 4 rings (SSSR count). The number of ether oxygens (including phenoxy) is 3. The summed E-state index contributed by atoms with van der Waals surface area (Å²) in [6.45, 7) is 8.87. The van der Waals surface area contributed by atoms with Crippen molar-refractivity contribution in [1.82, 2.24) is 0 Å². The Kier molecular flexibility index (Phi) is 7.87. The number of esters is 2. The Hall–Kier alpha value is -4.11. The van der Waals surface area contributed by atoms with Crippen LogP contribution in [0.1, 0.15) is 17.5 Å². The van der Waals surface area contributed by atoms with E-state index in [0.717, 1.165) is 62.2 Å². The maximum absolute atomic E-state index is 13.3. The Labute approximate surface area is 220 Å². The molecule has 0 unspecified atom stereocenters. The summed E-state index contributed by atoms with van der Waals surface area (Å²) in [7, 11) is 0. The lowest BCUT2D eigenvalue weighted by Gasteiger charge is -2.13. The number of carbonyl (C=O) groups excluding carboxylic acids is 2. The molecule has 1 aromatic heterocycles. The molecule has 9 heteroatoms. The number of alkyl halides is 3. The van der Waals surface area contributed by atoms with Gasteiger partial charge in [0.05, 0.1) is 11.3 Å². The van der Waals surface area contributed by atoms with E-state index in [1.54, 1.807) is 6.07 Å². The van der Waals surface area contributed by atoms with E-state index in [4.69, 9.17) is 9.47 Å². The van der Waals surface area contributed by atoms with E-state index >= 15 is 0 Å². The number of thiophene rings is 1. The molecular weight excluding hydrogens is 517 g/mol. The Bertz CT molecular complexity index is 1530. The molecule has 0 N–H and O–H groups in total. The molecule has 0 atom stereocenters. The van der Waals surface area contributed by atoms with Gasteiger partial charge in [0.1, 0.15) is 0 Å². The van der Waals surface area contributed by atoms with Crippen molar-refractivity contribution in [3.8, 4) is 22.6 Å². The van der Waals surface area contributed by atoms with Crippen LogP contribution in [0.2, 0.25) is 0 Å². The summed E-state index contributed by atoms with van der Waals surface area (Å²) in [6, 6.07) is 14.7. The van der Waals surface area contributed by atoms with Crippen LogP contribution in [0.4, 0.5) is 13.2 Å². The third-order valence-corrected chi connectivity index (χ3v) is 7.20. The number of rotatable bonds is 9. The number of carbonyl (C=O) groups is 2. The van der Waals surface area contributed by atoms with E-state index in [2.05, 4.69) is 17.9 Å². The summed E-state index contributed by atoms with van der Waals surface area (Å²) in [6.07, 6.45) is -1.57. The smallest absolute Gasteiger partial charge is 0.463 e. The van der Waals surface area contributed by atoms with Crippen molar-refractivity contribution in [3.63, 3.8) is 0 Å². The number of benzene rings is 3. The van der Waals surface area contributed by atoms with Gasteiger partial charge in [0.2, 0.25) is 0 Å². The van der Waals surface area contributed by atoms with Gasteiger partial charge in [-0.2, -0.15) is 0 Å². The predicted octanol–water partition coefficient (Wildman–Crippen LogP) is 7.68. The highest BCUT2D eigenvalue weighted by atomic mass is 32.1. The Balaban J connectivity index is 1.68. The van der Waals surface area contributed by atoms with Crippen LogP contribution < -0.4 is 9.47 Å². The highest BCUT2D eigenvalue weighted by Crippen LogP contribution is 2.48. The second kappa shape index (κ2) is 11.1. The van der Waals surface area contributed by atoms with Gasteiger partial charge in [-0.05, 0) is 54.2 Å². The molecule has 196 valence electrons. The van der Waals surface area contributed by atoms with Crippen molar-refractivity contribution < 1.29 is 37.0 Å². The fourth-order valence-electron chi connectivity index (χ4n) is 4.11. The predicted molar refractivity (Wildman–Crippen MR) is 141 cm³/mol. The first-order valence-electron chi connectivity index (χ1n) is 11.6. The average Bonchev–Trinajstić information content (AvgIpc) is 3.27. The molecule has 0 spiro atoms. The molecule has 0 saturated carbocycles. The average molecular weight is 541 g/mol. The molecule has 1 heterocycles. The number of fused-ring (bicyclic) bond motifs is 3. The molecule has 0 aliphatic heterocycles. The molecule has 0 radical (unpaired) electrons. The van der Waals surface area contributed by atoms with Crippen molar-refractivity contribution in [2.75, 3.05) is 6.61 Å². The zero-order chi connectivity index (χ0) is 27.4. The highest BCUT2D eigenvalue weighted by Gasteiger charge is 2.34. The minimum absolute atomic E-state index is 0.222. The third-order valence-electron chi connectivity index (χ3n) is 5.86. The minimum atomic E-state index is -4.98. The normalized spacial score (nSPS) is 11.4. The summed E-state index contributed by atoms with van der Waals surface area (Å²) in [5, 5.41) is 1.33. The zero-order valence-corrected chi connectivity index (χ0v) is 21.2. The standard InChI is InChI=1S/C29H23F3O5S/c1-4-24(33)35-16-6-7-18-8-10-19(11-9-18)20-12-13-21-22-14-15-23(36-25(34)5-2)26(37-29(30,31)32)28(22)38-27(21)17(20)3/h4-5,8-15H,1-2,6-7,16H2,3H3. The van der Waals surface area contributed by atoms with Gasteiger partial charge >= 0.3 is 18.3 Å². The Morgan fingerprint density at radius 2 is 1.58 bits per heavy atom. The van der Waals surface area contributed by atoms with Gasteiger partial charge in [0.15, 0.2) is 11.5 Å². The molecular formula is C29H23F3O5S. The van der Waals surface area contributed by atoms with Gasteiger partial charge in [0, 0.05) is 27.6 Å². The summed E-state index contributed by atoms with van der Waals surface area (Å²) < 4.78 is 55.2. The first-order valence-corrected chi connectivity index (χ1v) is 12.4. The lowest BCUT2D eigenvalue weighted by atomic mass is 9.97. The lowest BCUT2D eigenvalue weighted by molar-refractivity contribution is -0.274. The van der Waals surface area contributed by atoms with Crippen molar-refractivity contribution >= 4 is 43.4 Å². The van der Waals surface area contributed by atoms with Crippen molar-refractivity contribution in [3.05, 3.63) is 85.0 Å². The van der Waals surface area contributed by atoms with Crippen LogP contribution in [0.15, 0.2) is 73.8 Å². The summed E-state index contributed by atoms with van der Waals surface area (Å²) in [5.74, 6) is -2.23. The Morgan fingerprint density at radius 3 is 2.24 bits per heavy atom. The minimum Gasteiger partial charge on any atom is -0.463 e. The van der Waals surface area contributed by atoms with Gasteiger partial charge in [-0.1, -0.05) is 49.6 Å². The van der Waals surface area contributed by atoms with Crippen molar-refractivity contribution in [1.29, 1.82) is 0 Å². The zero-order valence-electron chi connectivity index (χ0n) is 20.4. The van der Waals surface area contributed by atoms with Crippen LogP contribution >= 0.6 is 11.3 Å². The molecule has 0 fully saturated rings. The molecule has 0 saturated heterocycles. The van der Waals surface area contributed by atoms with Crippen LogP contribution in [-0.4, -0.2) is 24.9 Å². The van der Waals surface area contributed by atoms with E-state index in [9.17, 15) is 22.8 Å². The van der Waals surface area contributed by atoms with E-state index in [-0.39, 0.29) is 10.4 Å². The molecule has 0 aliphatic carbocycles. The van der Waals surface area contributed by atoms with Gasteiger partial charge < -0.3 is 14.2 Å².